The lowest BCUT2D eigenvalue weighted by Gasteiger charge is -2.28. The van der Waals surface area contributed by atoms with Crippen LogP contribution in [0.25, 0.3) is 0 Å². The number of amides is 2. The predicted molar refractivity (Wildman–Crippen MR) is 83.3 cm³/mol. The lowest BCUT2D eigenvalue weighted by molar-refractivity contribution is 0.119. The molecule has 5 heteroatoms. The zero-order chi connectivity index (χ0) is 15.8. The molecule has 0 spiro atoms. The Labute approximate surface area is 126 Å². The number of nitrogens with zero attached hydrogens (tertiary/aromatic N) is 1. The van der Waals surface area contributed by atoms with Crippen LogP contribution in [-0.2, 0) is 6.42 Å². The molecule has 0 saturated carbocycles. The van der Waals surface area contributed by atoms with E-state index >= 15 is 0 Å². The summed E-state index contributed by atoms with van der Waals surface area (Å²) in [5.41, 5.74) is 1.13. The highest BCUT2D eigenvalue weighted by molar-refractivity contribution is 5.74. The number of hydrogen-bond acceptors (Lipinski definition) is 3. The number of phenolic OH excluding ortho intramolecular Hbond substituents is 1. The van der Waals surface area contributed by atoms with E-state index in [9.17, 15) is 15.0 Å². The number of rotatable bonds is 7. The number of aryl methyl sites for hydroxylation is 1. The van der Waals surface area contributed by atoms with E-state index in [4.69, 9.17) is 0 Å². The molecular formula is C16H26N2O3. The van der Waals surface area contributed by atoms with E-state index in [-0.39, 0.29) is 17.8 Å². The standard InChI is InChI=1S/C16H26N2O3/c1-12(2)18(11-13(3)19)16(21)17-10-4-5-14-6-8-15(20)9-7-14/h6-9,12-13,19-20H,4-5,10-11H2,1-3H3,(H,17,21). The molecule has 1 atom stereocenters. The van der Waals surface area contributed by atoms with Crippen molar-refractivity contribution in [1.29, 1.82) is 0 Å². The zero-order valence-electron chi connectivity index (χ0n) is 13.0. The van der Waals surface area contributed by atoms with Crippen molar-refractivity contribution in [3.05, 3.63) is 29.8 Å². The van der Waals surface area contributed by atoms with E-state index in [1.165, 1.54) is 0 Å². The van der Waals surface area contributed by atoms with Crippen molar-refractivity contribution >= 4 is 6.03 Å². The normalized spacial score (nSPS) is 12.2. The number of nitrogens with one attached hydrogen (secondary N) is 1. The van der Waals surface area contributed by atoms with Gasteiger partial charge < -0.3 is 20.4 Å². The van der Waals surface area contributed by atoms with Gasteiger partial charge in [-0.15, -0.1) is 0 Å². The number of benzene rings is 1. The third kappa shape index (κ3) is 6.49. The molecule has 0 aromatic heterocycles. The lowest BCUT2D eigenvalue weighted by Crippen LogP contribution is -2.47. The molecule has 1 unspecified atom stereocenters. The third-order valence-corrected chi connectivity index (χ3v) is 3.20. The minimum absolute atomic E-state index is 0.0525. The fraction of sp³-hybridized carbons (Fsp3) is 0.562. The highest BCUT2D eigenvalue weighted by Crippen LogP contribution is 2.10. The summed E-state index contributed by atoms with van der Waals surface area (Å²) in [7, 11) is 0. The summed E-state index contributed by atoms with van der Waals surface area (Å²) < 4.78 is 0. The van der Waals surface area contributed by atoms with Crippen LogP contribution in [0.2, 0.25) is 0 Å². The largest absolute Gasteiger partial charge is 0.508 e. The van der Waals surface area contributed by atoms with Gasteiger partial charge in [-0.05, 0) is 51.3 Å². The van der Waals surface area contributed by atoms with Gasteiger partial charge in [0.05, 0.1) is 6.10 Å². The van der Waals surface area contributed by atoms with Crippen LogP contribution in [0, 0.1) is 0 Å². The number of hydrogen-bond donors (Lipinski definition) is 3. The first-order valence-corrected chi connectivity index (χ1v) is 7.40. The highest BCUT2D eigenvalue weighted by Gasteiger charge is 2.17. The smallest absolute Gasteiger partial charge is 0.317 e. The van der Waals surface area contributed by atoms with Gasteiger partial charge in [-0.1, -0.05) is 12.1 Å². The molecule has 0 saturated heterocycles. The predicted octanol–water partition coefficient (Wildman–Crippen LogP) is 2.13. The van der Waals surface area contributed by atoms with Crippen molar-refractivity contribution in [3.63, 3.8) is 0 Å². The van der Waals surface area contributed by atoms with Gasteiger partial charge in [-0.3, -0.25) is 0 Å². The molecule has 1 rings (SSSR count). The van der Waals surface area contributed by atoms with Crippen LogP contribution in [0.1, 0.15) is 32.8 Å². The maximum Gasteiger partial charge on any atom is 0.317 e. The maximum absolute atomic E-state index is 12.0. The molecule has 3 N–H and O–H groups in total. The van der Waals surface area contributed by atoms with Gasteiger partial charge >= 0.3 is 6.03 Å². The molecule has 118 valence electrons. The minimum atomic E-state index is -0.532. The van der Waals surface area contributed by atoms with Gasteiger partial charge in [-0.25, -0.2) is 4.79 Å². The summed E-state index contributed by atoms with van der Waals surface area (Å²) in [6.45, 7) is 6.45. The van der Waals surface area contributed by atoms with Crippen LogP contribution < -0.4 is 5.32 Å². The van der Waals surface area contributed by atoms with E-state index < -0.39 is 6.10 Å². The summed E-state index contributed by atoms with van der Waals surface area (Å²) in [6.07, 6.45) is 1.14. The van der Waals surface area contributed by atoms with Crippen LogP contribution >= 0.6 is 0 Å². The average Bonchev–Trinajstić information content (AvgIpc) is 2.42. The van der Waals surface area contributed by atoms with Crippen molar-refractivity contribution in [3.8, 4) is 5.75 Å². The van der Waals surface area contributed by atoms with Gasteiger partial charge in [0, 0.05) is 19.1 Å². The molecule has 0 bridgehead atoms. The number of phenols is 1. The molecule has 2 amide bonds. The van der Waals surface area contributed by atoms with Crippen molar-refractivity contribution in [2.45, 2.75) is 45.8 Å². The molecule has 0 aliphatic rings. The Bertz CT molecular complexity index is 430. The van der Waals surface area contributed by atoms with Gasteiger partial charge in [0.2, 0.25) is 0 Å². The van der Waals surface area contributed by atoms with E-state index in [2.05, 4.69) is 5.32 Å². The third-order valence-electron chi connectivity index (χ3n) is 3.20. The lowest BCUT2D eigenvalue weighted by atomic mass is 10.1. The van der Waals surface area contributed by atoms with Crippen LogP contribution in [0.5, 0.6) is 5.75 Å². The number of urea groups is 1. The van der Waals surface area contributed by atoms with Crippen LogP contribution in [-0.4, -0.2) is 46.4 Å². The van der Waals surface area contributed by atoms with Crippen LogP contribution in [0.3, 0.4) is 0 Å². The van der Waals surface area contributed by atoms with E-state index in [1.807, 2.05) is 26.0 Å². The van der Waals surface area contributed by atoms with Crippen molar-refractivity contribution in [1.82, 2.24) is 10.2 Å². The van der Waals surface area contributed by atoms with Crippen molar-refractivity contribution < 1.29 is 15.0 Å². The van der Waals surface area contributed by atoms with Gasteiger partial charge in [0.25, 0.3) is 0 Å². The monoisotopic (exact) mass is 294 g/mol. The summed E-state index contributed by atoms with van der Waals surface area (Å²) in [6, 6.07) is 7.00. The zero-order valence-corrected chi connectivity index (χ0v) is 13.0. The first kappa shape index (κ1) is 17.3. The molecule has 0 radical (unpaired) electrons. The van der Waals surface area contributed by atoms with Crippen LogP contribution in [0.15, 0.2) is 24.3 Å². The molecule has 5 nitrogen and oxygen atoms in total. The minimum Gasteiger partial charge on any atom is -0.508 e. The number of aromatic hydroxyl groups is 1. The Kier molecular flexibility index (Phi) is 7.02. The first-order valence-electron chi connectivity index (χ1n) is 7.40. The van der Waals surface area contributed by atoms with Gasteiger partial charge in [0.1, 0.15) is 5.75 Å². The van der Waals surface area contributed by atoms with E-state index in [0.29, 0.717) is 13.1 Å². The average molecular weight is 294 g/mol. The van der Waals surface area contributed by atoms with E-state index in [0.717, 1.165) is 18.4 Å². The first-order chi connectivity index (χ1) is 9.90. The second-order valence-corrected chi connectivity index (χ2v) is 5.60. The Morgan fingerprint density at radius 2 is 1.86 bits per heavy atom. The Morgan fingerprint density at radius 3 is 2.38 bits per heavy atom. The number of aliphatic hydroxyl groups excluding tert-OH is 1. The fourth-order valence-electron chi connectivity index (χ4n) is 2.06. The number of carbonyl (C=O) groups is 1. The van der Waals surface area contributed by atoms with Crippen molar-refractivity contribution in [2.24, 2.45) is 0 Å². The molecule has 0 fully saturated rings. The Balaban J connectivity index is 2.33. The second kappa shape index (κ2) is 8.52. The summed E-state index contributed by atoms with van der Waals surface area (Å²) >= 11 is 0. The summed E-state index contributed by atoms with van der Waals surface area (Å²) in [5.74, 6) is 0.262. The molecular weight excluding hydrogens is 268 g/mol. The summed E-state index contributed by atoms with van der Waals surface area (Å²) in [5, 5.41) is 21.5. The molecule has 21 heavy (non-hydrogen) atoms. The SMILES string of the molecule is CC(O)CN(C(=O)NCCCc1ccc(O)cc1)C(C)C. The highest BCUT2D eigenvalue weighted by atomic mass is 16.3. The number of aliphatic hydroxyl groups is 1. The molecule has 1 aromatic rings. The molecule has 0 aliphatic carbocycles. The Morgan fingerprint density at radius 1 is 1.24 bits per heavy atom. The Hall–Kier alpha value is -1.75. The fourth-order valence-corrected chi connectivity index (χ4v) is 2.06. The van der Waals surface area contributed by atoms with Gasteiger partial charge in [-0.2, -0.15) is 0 Å². The molecule has 1 aromatic carbocycles. The van der Waals surface area contributed by atoms with Crippen molar-refractivity contribution in [2.75, 3.05) is 13.1 Å². The topological polar surface area (TPSA) is 72.8 Å². The van der Waals surface area contributed by atoms with Gasteiger partial charge in [0.15, 0.2) is 0 Å². The number of carbonyl (C=O) groups excluding carboxylic acids is 1. The second-order valence-electron chi connectivity index (χ2n) is 5.60. The molecule has 0 aliphatic heterocycles. The quantitative estimate of drug-likeness (QED) is 0.675. The maximum atomic E-state index is 12.0. The van der Waals surface area contributed by atoms with E-state index in [1.54, 1.807) is 24.0 Å². The van der Waals surface area contributed by atoms with Crippen LogP contribution in [0.4, 0.5) is 4.79 Å². The summed E-state index contributed by atoms with van der Waals surface area (Å²) in [4.78, 5) is 13.7. The molecule has 0 heterocycles.